The molecule has 0 aromatic heterocycles. The highest BCUT2D eigenvalue weighted by Gasteiger charge is 2.40. The quantitative estimate of drug-likeness (QED) is 0.408. The molecule has 0 bridgehead atoms. The van der Waals surface area contributed by atoms with Gasteiger partial charge in [-0.2, -0.15) is 0 Å². The maximum absolute atomic E-state index is 13.4. The van der Waals surface area contributed by atoms with E-state index in [0.717, 1.165) is 18.5 Å². The van der Waals surface area contributed by atoms with E-state index < -0.39 is 11.9 Å². The predicted octanol–water partition coefficient (Wildman–Crippen LogP) is 4.30. The zero-order valence-electron chi connectivity index (χ0n) is 21.0. The Morgan fingerprint density at radius 1 is 0.972 bits per heavy atom. The van der Waals surface area contributed by atoms with Crippen LogP contribution in [0.25, 0.3) is 0 Å². The number of dihydropyridines is 1. The average molecular weight is 494 g/mol. The van der Waals surface area contributed by atoms with E-state index in [2.05, 4.69) is 5.32 Å². The van der Waals surface area contributed by atoms with Crippen LogP contribution in [-0.2, 0) is 14.3 Å². The minimum Gasteiger partial charge on any atom is -0.493 e. The van der Waals surface area contributed by atoms with E-state index in [0.29, 0.717) is 51.8 Å². The Labute approximate surface area is 210 Å². The molecule has 8 heteroatoms. The number of ether oxygens (including phenoxy) is 5. The first-order valence-electron chi connectivity index (χ1n) is 11.9. The Hall–Kier alpha value is -3.94. The average Bonchev–Trinajstić information content (AvgIpc) is 2.90. The van der Waals surface area contributed by atoms with Gasteiger partial charge in [0.15, 0.2) is 17.3 Å². The number of carbonyl (C=O) groups excluding carboxylic acids is 2. The summed E-state index contributed by atoms with van der Waals surface area (Å²) in [4.78, 5) is 26.6. The van der Waals surface area contributed by atoms with Crippen LogP contribution in [0.3, 0.4) is 0 Å². The second-order valence-electron chi connectivity index (χ2n) is 8.52. The molecule has 2 aromatic carbocycles. The molecule has 4 rings (SSSR count). The molecular formula is C28H31NO7. The van der Waals surface area contributed by atoms with E-state index in [1.54, 1.807) is 12.1 Å². The number of rotatable bonds is 9. The molecule has 190 valence electrons. The van der Waals surface area contributed by atoms with Gasteiger partial charge in [-0.05, 0) is 49.6 Å². The van der Waals surface area contributed by atoms with E-state index in [-0.39, 0.29) is 19.0 Å². The first kappa shape index (κ1) is 25.2. The Kier molecular flexibility index (Phi) is 7.83. The molecule has 0 amide bonds. The molecule has 1 aliphatic heterocycles. The molecule has 1 aliphatic carbocycles. The number of carbonyl (C=O) groups is 2. The number of benzene rings is 2. The van der Waals surface area contributed by atoms with Crippen molar-refractivity contribution in [2.75, 3.05) is 34.5 Å². The zero-order valence-corrected chi connectivity index (χ0v) is 21.0. The number of methoxy groups -OCH3 is 3. The lowest BCUT2D eigenvalue weighted by Crippen LogP contribution is -2.34. The lowest BCUT2D eigenvalue weighted by Gasteiger charge is -2.34. The molecule has 8 nitrogen and oxygen atoms in total. The Bertz CT molecular complexity index is 1170. The van der Waals surface area contributed by atoms with Gasteiger partial charge in [0, 0.05) is 29.3 Å². The normalized spacial score (nSPS) is 17.2. The number of ketones is 1. The van der Waals surface area contributed by atoms with Gasteiger partial charge in [0.1, 0.15) is 19.0 Å². The molecule has 0 saturated heterocycles. The summed E-state index contributed by atoms with van der Waals surface area (Å²) >= 11 is 0. The van der Waals surface area contributed by atoms with E-state index >= 15 is 0 Å². The number of para-hydroxylation sites is 1. The molecule has 0 spiro atoms. The smallest absolute Gasteiger partial charge is 0.336 e. The van der Waals surface area contributed by atoms with Gasteiger partial charge < -0.3 is 29.0 Å². The highest BCUT2D eigenvalue weighted by molar-refractivity contribution is 6.03. The second kappa shape index (κ2) is 11.2. The largest absolute Gasteiger partial charge is 0.493 e. The van der Waals surface area contributed by atoms with Crippen molar-refractivity contribution in [3.63, 3.8) is 0 Å². The van der Waals surface area contributed by atoms with Crippen molar-refractivity contribution in [1.82, 2.24) is 5.32 Å². The number of Topliss-reactive ketones (excluding diaryl/α,β-unsaturated/α-hetero) is 1. The van der Waals surface area contributed by atoms with Crippen LogP contribution in [0.4, 0.5) is 0 Å². The van der Waals surface area contributed by atoms with Gasteiger partial charge in [-0.1, -0.05) is 18.2 Å². The Morgan fingerprint density at radius 2 is 1.67 bits per heavy atom. The second-order valence-corrected chi connectivity index (χ2v) is 8.52. The molecule has 0 fully saturated rings. The van der Waals surface area contributed by atoms with Crippen molar-refractivity contribution in [3.8, 4) is 23.0 Å². The first-order chi connectivity index (χ1) is 17.5. The molecule has 1 atom stereocenters. The predicted molar refractivity (Wildman–Crippen MR) is 133 cm³/mol. The summed E-state index contributed by atoms with van der Waals surface area (Å²) in [6, 6.07) is 12.9. The molecule has 1 N–H and O–H groups in total. The molecular weight excluding hydrogens is 462 g/mol. The van der Waals surface area contributed by atoms with Crippen molar-refractivity contribution < 1.29 is 33.3 Å². The number of esters is 1. The monoisotopic (exact) mass is 493 g/mol. The minimum absolute atomic E-state index is 0.00714. The van der Waals surface area contributed by atoms with Gasteiger partial charge in [-0.25, -0.2) is 4.79 Å². The number of hydrogen-bond donors (Lipinski definition) is 1. The fourth-order valence-electron chi connectivity index (χ4n) is 4.74. The van der Waals surface area contributed by atoms with Gasteiger partial charge in [-0.15, -0.1) is 0 Å². The highest BCUT2D eigenvalue weighted by Crippen LogP contribution is 2.47. The summed E-state index contributed by atoms with van der Waals surface area (Å²) in [7, 11) is 4.59. The van der Waals surface area contributed by atoms with Crippen LogP contribution in [-0.4, -0.2) is 46.3 Å². The van der Waals surface area contributed by atoms with Gasteiger partial charge in [0.2, 0.25) is 5.75 Å². The van der Waals surface area contributed by atoms with Gasteiger partial charge in [0.05, 0.1) is 26.9 Å². The van der Waals surface area contributed by atoms with Crippen LogP contribution < -0.4 is 24.3 Å². The lowest BCUT2D eigenvalue weighted by atomic mass is 9.75. The van der Waals surface area contributed by atoms with Crippen LogP contribution >= 0.6 is 0 Å². The molecule has 0 radical (unpaired) electrons. The van der Waals surface area contributed by atoms with Gasteiger partial charge in [-0.3, -0.25) is 4.79 Å². The van der Waals surface area contributed by atoms with Crippen molar-refractivity contribution in [1.29, 1.82) is 0 Å². The van der Waals surface area contributed by atoms with Crippen molar-refractivity contribution in [2.24, 2.45) is 0 Å². The Morgan fingerprint density at radius 3 is 2.31 bits per heavy atom. The fourth-order valence-corrected chi connectivity index (χ4v) is 4.74. The fraction of sp³-hybridized carbons (Fsp3) is 0.357. The Balaban J connectivity index is 1.67. The topological polar surface area (TPSA) is 92.3 Å². The third-order valence-electron chi connectivity index (χ3n) is 6.34. The highest BCUT2D eigenvalue weighted by atomic mass is 16.6. The third kappa shape index (κ3) is 5.03. The lowest BCUT2D eigenvalue weighted by molar-refractivity contribution is -0.140. The summed E-state index contributed by atoms with van der Waals surface area (Å²) in [6.07, 6.45) is 1.91. The van der Waals surface area contributed by atoms with Gasteiger partial charge >= 0.3 is 5.97 Å². The van der Waals surface area contributed by atoms with Crippen molar-refractivity contribution >= 4 is 11.8 Å². The van der Waals surface area contributed by atoms with Crippen LogP contribution in [0.5, 0.6) is 23.0 Å². The number of hydrogen-bond acceptors (Lipinski definition) is 8. The summed E-state index contributed by atoms with van der Waals surface area (Å²) < 4.78 is 27.8. The maximum Gasteiger partial charge on any atom is 0.336 e. The molecule has 1 heterocycles. The maximum atomic E-state index is 13.4. The first-order valence-corrected chi connectivity index (χ1v) is 11.9. The van der Waals surface area contributed by atoms with Crippen LogP contribution in [0, 0.1) is 0 Å². The molecule has 36 heavy (non-hydrogen) atoms. The van der Waals surface area contributed by atoms with E-state index in [1.165, 1.54) is 21.3 Å². The third-order valence-corrected chi connectivity index (χ3v) is 6.34. The molecule has 2 aromatic rings. The molecule has 2 aliphatic rings. The SMILES string of the molecule is COc1cc(C2C(C(=O)OCCOc3ccccc3)=C(C)NC3=C2C(=O)CCC3)cc(OC)c1OC. The summed E-state index contributed by atoms with van der Waals surface area (Å²) in [5.41, 5.74) is 3.12. The van der Waals surface area contributed by atoms with E-state index in [9.17, 15) is 9.59 Å². The molecule has 1 unspecified atom stereocenters. The number of nitrogens with one attached hydrogen (secondary N) is 1. The van der Waals surface area contributed by atoms with Gasteiger partial charge in [0.25, 0.3) is 0 Å². The van der Waals surface area contributed by atoms with Crippen molar-refractivity contribution in [3.05, 3.63) is 70.6 Å². The molecule has 0 saturated carbocycles. The summed E-state index contributed by atoms with van der Waals surface area (Å²) in [5, 5.41) is 3.29. The van der Waals surface area contributed by atoms with Crippen LogP contribution in [0.2, 0.25) is 0 Å². The summed E-state index contributed by atoms with van der Waals surface area (Å²) in [5.74, 6) is 0.874. The van der Waals surface area contributed by atoms with Crippen LogP contribution in [0.15, 0.2) is 65.0 Å². The number of allylic oxidation sites excluding steroid dienone is 3. The zero-order chi connectivity index (χ0) is 25.7. The standard InChI is InChI=1S/C28H31NO7/c1-17-24(28(31)36-14-13-35-19-9-6-5-7-10-19)25(26-20(29-17)11-8-12-21(26)30)18-15-22(32-2)27(34-4)23(16-18)33-3/h5-7,9-10,15-16,25,29H,8,11-14H2,1-4H3. The minimum atomic E-state index is -0.634. The van der Waals surface area contributed by atoms with Crippen molar-refractivity contribution in [2.45, 2.75) is 32.1 Å². The van der Waals surface area contributed by atoms with E-state index in [4.69, 9.17) is 23.7 Å². The summed E-state index contributed by atoms with van der Waals surface area (Å²) in [6.45, 7) is 2.09. The van der Waals surface area contributed by atoms with E-state index in [1.807, 2.05) is 37.3 Å². The van der Waals surface area contributed by atoms with Crippen LogP contribution in [0.1, 0.15) is 37.7 Å².